The molecule has 0 bridgehead atoms. The van der Waals surface area contributed by atoms with Crippen molar-refractivity contribution < 1.29 is 18.0 Å². The number of nitrogens with zero attached hydrogens (tertiary/aromatic N) is 3. The van der Waals surface area contributed by atoms with E-state index in [0.717, 1.165) is 25.1 Å². The molecule has 0 aliphatic heterocycles. The van der Waals surface area contributed by atoms with Crippen molar-refractivity contribution in [3.05, 3.63) is 47.8 Å². The molecule has 1 amide bonds. The first-order valence-electron chi connectivity index (χ1n) is 6.60. The van der Waals surface area contributed by atoms with Crippen molar-refractivity contribution in [3.63, 3.8) is 0 Å². The number of anilines is 1. The van der Waals surface area contributed by atoms with Gasteiger partial charge in [0.25, 0.3) is 5.91 Å². The Hall–Kier alpha value is -2.51. The maximum absolute atomic E-state index is 12.8. The van der Waals surface area contributed by atoms with Crippen molar-refractivity contribution in [2.75, 3.05) is 5.32 Å². The molecule has 0 radical (unpaired) electrons. The van der Waals surface area contributed by atoms with E-state index in [1.165, 1.54) is 18.5 Å². The molecule has 0 spiro atoms. The average molecular weight is 308 g/mol. The van der Waals surface area contributed by atoms with Gasteiger partial charge in [-0.2, -0.15) is 13.2 Å². The van der Waals surface area contributed by atoms with Crippen LogP contribution in [0.3, 0.4) is 0 Å². The SMILES string of the molecule is O=C(Nc1cccnc1C(F)(F)F)c1cnc(C2CC2)nc1. The van der Waals surface area contributed by atoms with E-state index < -0.39 is 23.5 Å². The van der Waals surface area contributed by atoms with E-state index in [1.807, 2.05) is 0 Å². The van der Waals surface area contributed by atoms with Crippen LogP contribution in [0, 0.1) is 0 Å². The summed E-state index contributed by atoms with van der Waals surface area (Å²) in [4.78, 5) is 23.4. The summed E-state index contributed by atoms with van der Waals surface area (Å²) in [5, 5.41) is 2.20. The first kappa shape index (κ1) is 14.4. The quantitative estimate of drug-likeness (QED) is 0.946. The number of amides is 1. The molecule has 2 aromatic rings. The van der Waals surface area contributed by atoms with Crippen LogP contribution >= 0.6 is 0 Å². The van der Waals surface area contributed by atoms with E-state index in [0.29, 0.717) is 11.7 Å². The minimum absolute atomic E-state index is 0.0985. The largest absolute Gasteiger partial charge is 0.435 e. The van der Waals surface area contributed by atoms with Crippen LogP contribution in [0.1, 0.15) is 40.6 Å². The van der Waals surface area contributed by atoms with Crippen LogP contribution in [0.15, 0.2) is 30.7 Å². The van der Waals surface area contributed by atoms with Crippen LogP contribution in [-0.4, -0.2) is 20.9 Å². The maximum atomic E-state index is 12.8. The minimum Gasteiger partial charge on any atom is -0.320 e. The number of carbonyl (C=O) groups excluding carboxylic acids is 1. The summed E-state index contributed by atoms with van der Waals surface area (Å²) in [5.41, 5.74) is -1.44. The molecule has 2 aromatic heterocycles. The third-order valence-corrected chi connectivity index (χ3v) is 3.20. The molecule has 1 saturated carbocycles. The predicted octanol–water partition coefficient (Wildman–Crippen LogP) is 3.02. The van der Waals surface area contributed by atoms with Crippen molar-refractivity contribution in [3.8, 4) is 0 Å². The van der Waals surface area contributed by atoms with Crippen LogP contribution in [0.4, 0.5) is 18.9 Å². The number of carbonyl (C=O) groups is 1. The van der Waals surface area contributed by atoms with E-state index >= 15 is 0 Å². The summed E-state index contributed by atoms with van der Waals surface area (Å²) in [5.74, 6) is 0.294. The Bertz CT molecular complexity index is 696. The highest BCUT2D eigenvalue weighted by Crippen LogP contribution is 2.37. The monoisotopic (exact) mass is 308 g/mol. The molecule has 1 N–H and O–H groups in total. The number of halogens is 3. The van der Waals surface area contributed by atoms with Gasteiger partial charge in [0.2, 0.25) is 0 Å². The number of rotatable bonds is 3. The van der Waals surface area contributed by atoms with Gasteiger partial charge >= 0.3 is 6.18 Å². The molecule has 3 rings (SSSR count). The predicted molar refractivity (Wildman–Crippen MR) is 71.2 cm³/mol. The normalized spacial score (nSPS) is 14.7. The van der Waals surface area contributed by atoms with Gasteiger partial charge < -0.3 is 5.32 Å². The van der Waals surface area contributed by atoms with Crippen LogP contribution in [0.5, 0.6) is 0 Å². The minimum atomic E-state index is -4.64. The zero-order valence-electron chi connectivity index (χ0n) is 11.3. The van der Waals surface area contributed by atoms with Gasteiger partial charge in [0, 0.05) is 24.5 Å². The molecule has 2 heterocycles. The first-order valence-corrected chi connectivity index (χ1v) is 6.60. The first-order chi connectivity index (χ1) is 10.4. The Morgan fingerprint density at radius 3 is 2.45 bits per heavy atom. The number of hydrogen-bond acceptors (Lipinski definition) is 4. The Labute approximate surface area is 123 Å². The third kappa shape index (κ3) is 3.05. The Morgan fingerprint density at radius 2 is 1.86 bits per heavy atom. The van der Waals surface area contributed by atoms with Crippen molar-refractivity contribution in [1.82, 2.24) is 15.0 Å². The third-order valence-electron chi connectivity index (χ3n) is 3.20. The molecule has 5 nitrogen and oxygen atoms in total. The topological polar surface area (TPSA) is 67.8 Å². The van der Waals surface area contributed by atoms with E-state index in [2.05, 4.69) is 20.3 Å². The molecule has 0 atom stereocenters. The fourth-order valence-corrected chi connectivity index (χ4v) is 1.93. The standard InChI is InChI=1S/C14H11F3N4O/c15-14(16,17)11-10(2-1-5-18-11)21-13(22)9-6-19-12(20-7-9)8-3-4-8/h1-2,5-8H,3-4H2,(H,21,22). The molecular weight excluding hydrogens is 297 g/mol. The van der Waals surface area contributed by atoms with Crippen LogP contribution in [-0.2, 0) is 6.18 Å². The fourth-order valence-electron chi connectivity index (χ4n) is 1.93. The van der Waals surface area contributed by atoms with E-state index in [4.69, 9.17) is 0 Å². The lowest BCUT2D eigenvalue weighted by Crippen LogP contribution is -2.18. The number of nitrogens with one attached hydrogen (secondary N) is 1. The maximum Gasteiger partial charge on any atom is 0.435 e. The highest BCUT2D eigenvalue weighted by atomic mass is 19.4. The van der Waals surface area contributed by atoms with Crippen molar-refractivity contribution in [2.45, 2.75) is 24.9 Å². The second kappa shape index (κ2) is 5.36. The molecule has 0 saturated heterocycles. The van der Waals surface area contributed by atoms with Crippen LogP contribution in [0.25, 0.3) is 0 Å². The number of hydrogen-bond donors (Lipinski definition) is 1. The molecule has 1 aliphatic carbocycles. The van der Waals surface area contributed by atoms with Gasteiger partial charge in [0.15, 0.2) is 5.69 Å². The van der Waals surface area contributed by atoms with Crippen LogP contribution in [0.2, 0.25) is 0 Å². The van der Waals surface area contributed by atoms with Gasteiger partial charge in [-0.15, -0.1) is 0 Å². The smallest absolute Gasteiger partial charge is 0.320 e. The molecule has 1 aliphatic rings. The molecule has 0 unspecified atom stereocenters. The lowest BCUT2D eigenvalue weighted by molar-refractivity contribution is -0.140. The van der Waals surface area contributed by atoms with Gasteiger partial charge in [0.1, 0.15) is 5.82 Å². The van der Waals surface area contributed by atoms with Crippen molar-refractivity contribution in [1.29, 1.82) is 0 Å². The van der Waals surface area contributed by atoms with Crippen LogP contribution < -0.4 is 5.32 Å². The number of alkyl halides is 3. The van der Waals surface area contributed by atoms with Gasteiger partial charge in [-0.1, -0.05) is 0 Å². The van der Waals surface area contributed by atoms with Crippen molar-refractivity contribution >= 4 is 11.6 Å². The lowest BCUT2D eigenvalue weighted by Gasteiger charge is -2.12. The summed E-state index contributed by atoms with van der Waals surface area (Å²) >= 11 is 0. The Balaban J connectivity index is 1.79. The fraction of sp³-hybridized carbons (Fsp3) is 0.286. The highest BCUT2D eigenvalue weighted by molar-refractivity contribution is 6.04. The average Bonchev–Trinajstić information content (AvgIpc) is 3.31. The van der Waals surface area contributed by atoms with E-state index in [9.17, 15) is 18.0 Å². The van der Waals surface area contributed by atoms with E-state index in [1.54, 1.807) is 0 Å². The number of aromatic nitrogens is 3. The van der Waals surface area contributed by atoms with Crippen molar-refractivity contribution in [2.24, 2.45) is 0 Å². The summed E-state index contributed by atoms with van der Waals surface area (Å²) in [7, 11) is 0. The van der Waals surface area contributed by atoms with Gasteiger partial charge in [-0.25, -0.2) is 15.0 Å². The highest BCUT2D eigenvalue weighted by Gasteiger charge is 2.35. The lowest BCUT2D eigenvalue weighted by atomic mass is 10.2. The molecule has 1 fully saturated rings. The Kier molecular flexibility index (Phi) is 3.51. The molecule has 8 heteroatoms. The Morgan fingerprint density at radius 1 is 1.18 bits per heavy atom. The second-order valence-corrected chi connectivity index (χ2v) is 4.96. The molecule has 22 heavy (non-hydrogen) atoms. The summed E-state index contributed by atoms with van der Waals surface area (Å²) in [6.45, 7) is 0. The summed E-state index contributed by atoms with van der Waals surface area (Å²) in [6, 6.07) is 2.46. The molecule has 0 aromatic carbocycles. The van der Waals surface area contributed by atoms with Gasteiger partial charge in [-0.3, -0.25) is 4.79 Å². The second-order valence-electron chi connectivity index (χ2n) is 4.96. The molecular formula is C14H11F3N4O. The van der Waals surface area contributed by atoms with E-state index in [-0.39, 0.29) is 5.56 Å². The van der Waals surface area contributed by atoms with Gasteiger partial charge in [-0.05, 0) is 25.0 Å². The zero-order valence-corrected chi connectivity index (χ0v) is 11.3. The van der Waals surface area contributed by atoms with Gasteiger partial charge in [0.05, 0.1) is 11.3 Å². The summed E-state index contributed by atoms with van der Waals surface area (Å²) in [6.07, 6.45) is 1.06. The number of pyridine rings is 1. The molecule has 114 valence electrons. The zero-order chi connectivity index (χ0) is 15.7. The summed E-state index contributed by atoms with van der Waals surface area (Å²) < 4.78 is 38.4.